The Bertz CT molecular complexity index is 2000. The SMILES string of the molecule is Cc1ccc(C=Cc2ccc(N=Nc3ccc(N=Nc4ccc5cc(C)ccc5c4O)c(O)c3)cc2)c(S(=O)(=O)O)c1. The summed E-state index contributed by atoms with van der Waals surface area (Å²) in [5.74, 6) is -0.132. The van der Waals surface area contributed by atoms with E-state index in [9.17, 15) is 23.2 Å². The molecule has 0 heterocycles. The molecule has 5 aromatic rings. The molecule has 0 fully saturated rings. The van der Waals surface area contributed by atoms with Gasteiger partial charge < -0.3 is 10.2 Å². The molecule has 0 amide bonds. The minimum absolute atomic E-state index is 0.0145. The zero-order chi connectivity index (χ0) is 29.9. The van der Waals surface area contributed by atoms with Gasteiger partial charge in [-0.25, -0.2) is 0 Å². The molecule has 0 aliphatic rings. The van der Waals surface area contributed by atoms with E-state index in [1.165, 1.54) is 12.1 Å². The van der Waals surface area contributed by atoms with E-state index < -0.39 is 10.1 Å². The summed E-state index contributed by atoms with van der Waals surface area (Å²) in [5.41, 5.74) is 4.42. The first-order valence-electron chi connectivity index (χ1n) is 12.8. The molecule has 10 heteroatoms. The lowest BCUT2D eigenvalue weighted by atomic mass is 10.1. The van der Waals surface area contributed by atoms with E-state index in [2.05, 4.69) is 20.5 Å². The van der Waals surface area contributed by atoms with Crippen molar-refractivity contribution in [3.8, 4) is 11.5 Å². The number of phenols is 2. The van der Waals surface area contributed by atoms with Gasteiger partial charge in [0.1, 0.15) is 22.0 Å². The number of rotatable bonds is 7. The molecular weight excluding hydrogens is 552 g/mol. The molecule has 42 heavy (non-hydrogen) atoms. The quantitative estimate of drug-likeness (QED) is 0.100. The van der Waals surface area contributed by atoms with Gasteiger partial charge in [0.25, 0.3) is 10.1 Å². The fraction of sp³-hybridized carbons (Fsp3) is 0.0625. The van der Waals surface area contributed by atoms with Crippen molar-refractivity contribution in [1.29, 1.82) is 0 Å². The van der Waals surface area contributed by atoms with Crippen LogP contribution < -0.4 is 0 Å². The van der Waals surface area contributed by atoms with E-state index in [4.69, 9.17) is 0 Å². The van der Waals surface area contributed by atoms with Crippen molar-refractivity contribution >= 4 is 55.8 Å². The van der Waals surface area contributed by atoms with Crippen LogP contribution in [0.3, 0.4) is 0 Å². The topological polar surface area (TPSA) is 144 Å². The average molecular weight is 579 g/mol. The highest BCUT2D eigenvalue weighted by Crippen LogP contribution is 2.38. The summed E-state index contributed by atoms with van der Waals surface area (Å²) in [6.45, 7) is 3.72. The summed E-state index contributed by atoms with van der Waals surface area (Å²) in [5, 5.41) is 39.1. The van der Waals surface area contributed by atoms with E-state index in [0.717, 1.165) is 22.1 Å². The fourth-order valence-electron chi connectivity index (χ4n) is 4.22. The normalized spacial score (nSPS) is 12.3. The Labute approximate surface area is 242 Å². The van der Waals surface area contributed by atoms with Gasteiger partial charge >= 0.3 is 0 Å². The van der Waals surface area contributed by atoms with Gasteiger partial charge in [-0.3, -0.25) is 4.55 Å². The van der Waals surface area contributed by atoms with Crippen molar-refractivity contribution in [3.63, 3.8) is 0 Å². The molecule has 0 aromatic heterocycles. The third-order valence-corrected chi connectivity index (χ3v) is 7.34. The standard InChI is InChI=1S/C32H26N4O5S/c1-20-4-14-27-24(17-20)10-15-29(32(27)38)36-35-28-16-13-26(19-30(28)37)34-33-25-11-6-22(7-12-25)5-9-23-8-3-21(2)18-31(23)42(39,40)41/h3-19,37-38H,1-2H3,(H,39,40,41). The van der Waals surface area contributed by atoms with Crippen molar-refractivity contribution in [3.05, 3.63) is 113 Å². The highest BCUT2D eigenvalue weighted by Gasteiger charge is 2.14. The number of aromatic hydroxyl groups is 2. The van der Waals surface area contributed by atoms with Crippen molar-refractivity contribution in [2.45, 2.75) is 18.7 Å². The van der Waals surface area contributed by atoms with Crippen molar-refractivity contribution < 1.29 is 23.2 Å². The smallest absolute Gasteiger partial charge is 0.295 e. The Morgan fingerprint density at radius 1 is 0.643 bits per heavy atom. The second-order valence-corrected chi connectivity index (χ2v) is 11.1. The van der Waals surface area contributed by atoms with E-state index in [-0.39, 0.29) is 27.8 Å². The zero-order valence-electron chi connectivity index (χ0n) is 22.7. The molecule has 210 valence electrons. The maximum Gasteiger partial charge on any atom is 0.295 e. The van der Waals surface area contributed by atoms with Crippen LogP contribution in [-0.2, 0) is 10.1 Å². The summed E-state index contributed by atoms with van der Waals surface area (Å²) in [4.78, 5) is -0.151. The van der Waals surface area contributed by atoms with Crippen LogP contribution in [0.2, 0.25) is 0 Å². The summed E-state index contributed by atoms with van der Waals surface area (Å²) in [6.07, 6.45) is 3.34. The summed E-state index contributed by atoms with van der Waals surface area (Å²) < 4.78 is 32.9. The van der Waals surface area contributed by atoms with Crippen LogP contribution in [0, 0.1) is 13.8 Å². The average Bonchev–Trinajstić information content (AvgIpc) is 2.96. The van der Waals surface area contributed by atoms with E-state index in [0.29, 0.717) is 22.3 Å². The number of aryl methyl sites for hydroxylation is 2. The number of hydrogen-bond acceptors (Lipinski definition) is 8. The van der Waals surface area contributed by atoms with Crippen LogP contribution in [0.15, 0.2) is 116 Å². The van der Waals surface area contributed by atoms with Crippen molar-refractivity contribution in [2.24, 2.45) is 20.5 Å². The first-order valence-corrected chi connectivity index (χ1v) is 14.3. The summed E-state index contributed by atoms with van der Waals surface area (Å²) >= 11 is 0. The van der Waals surface area contributed by atoms with Gasteiger partial charge in [0.05, 0.1) is 11.4 Å². The first-order chi connectivity index (χ1) is 20.1. The highest BCUT2D eigenvalue weighted by molar-refractivity contribution is 7.86. The summed E-state index contributed by atoms with van der Waals surface area (Å²) in [6, 6.07) is 25.7. The monoisotopic (exact) mass is 578 g/mol. The molecule has 0 bridgehead atoms. The molecule has 3 N–H and O–H groups in total. The predicted molar refractivity (Wildman–Crippen MR) is 163 cm³/mol. The third-order valence-electron chi connectivity index (χ3n) is 6.43. The summed E-state index contributed by atoms with van der Waals surface area (Å²) in [7, 11) is -4.35. The Morgan fingerprint density at radius 3 is 2.02 bits per heavy atom. The molecule has 0 spiro atoms. The number of benzene rings is 5. The number of phenolic OH excluding ortho intramolecular Hbond substituents is 2. The van der Waals surface area contributed by atoms with Crippen LogP contribution in [0.5, 0.6) is 11.5 Å². The zero-order valence-corrected chi connectivity index (χ0v) is 23.5. The van der Waals surface area contributed by atoms with Crippen LogP contribution in [0.4, 0.5) is 22.7 Å². The maximum absolute atomic E-state index is 11.7. The largest absolute Gasteiger partial charge is 0.506 e. The van der Waals surface area contributed by atoms with Crippen LogP contribution in [0.1, 0.15) is 22.3 Å². The molecule has 0 saturated heterocycles. The van der Waals surface area contributed by atoms with Crippen LogP contribution >= 0.6 is 0 Å². The maximum atomic E-state index is 11.7. The number of azo groups is 2. The number of nitrogens with zero attached hydrogens (tertiary/aromatic N) is 4. The molecule has 0 aliphatic heterocycles. The molecule has 0 atom stereocenters. The first kappa shape index (κ1) is 28.3. The van der Waals surface area contributed by atoms with Gasteiger partial charge in [0.15, 0.2) is 5.75 Å². The molecule has 0 aliphatic carbocycles. The van der Waals surface area contributed by atoms with Gasteiger partial charge in [-0.15, -0.1) is 10.2 Å². The van der Waals surface area contributed by atoms with Gasteiger partial charge in [-0.05, 0) is 72.3 Å². The lowest BCUT2D eigenvalue weighted by Crippen LogP contribution is -2.01. The molecule has 0 unspecified atom stereocenters. The van der Waals surface area contributed by atoms with Gasteiger partial charge in [0.2, 0.25) is 0 Å². The van der Waals surface area contributed by atoms with Crippen molar-refractivity contribution in [2.75, 3.05) is 0 Å². The Kier molecular flexibility index (Phi) is 7.92. The minimum atomic E-state index is -4.35. The number of fused-ring (bicyclic) bond motifs is 1. The van der Waals surface area contributed by atoms with Crippen molar-refractivity contribution in [1.82, 2.24) is 0 Å². The Balaban J connectivity index is 1.27. The predicted octanol–water partition coefficient (Wildman–Crippen LogP) is 9.12. The lowest BCUT2D eigenvalue weighted by Gasteiger charge is -2.05. The molecule has 5 rings (SSSR count). The van der Waals surface area contributed by atoms with E-state index in [1.54, 1.807) is 73.7 Å². The Hall–Kier alpha value is -5.19. The molecule has 0 saturated carbocycles. The van der Waals surface area contributed by atoms with Gasteiger partial charge in [0, 0.05) is 11.5 Å². The second kappa shape index (κ2) is 11.7. The van der Waals surface area contributed by atoms with Gasteiger partial charge in [-0.2, -0.15) is 18.6 Å². The fourth-order valence-corrected chi connectivity index (χ4v) is 4.99. The second-order valence-electron chi connectivity index (χ2n) is 9.67. The Morgan fingerprint density at radius 2 is 1.29 bits per heavy atom. The lowest BCUT2D eigenvalue weighted by molar-refractivity contribution is 0.475. The van der Waals surface area contributed by atoms with E-state index >= 15 is 0 Å². The molecule has 9 nitrogen and oxygen atoms in total. The van der Waals surface area contributed by atoms with Crippen LogP contribution in [-0.4, -0.2) is 23.2 Å². The molecule has 5 aromatic carbocycles. The number of hydrogen-bond donors (Lipinski definition) is 3. The highest BCUT2D eigenvalue weighted by atomic mass is 32.2. The molecular formula is C32H26N4O5S. The third kappa shape index (κ3) is 6.57. The van der Waals surface area contributed by atoms with E-state index in [1.807, 2.05) is 31.2 Å². The van der Waals surface area contributed by atoms with Crippen LogP contribution in [0.25, 0.3) is 22.9 Å². The minimum Gasteiger partial charge on any atom is -0.506 e. The molecule has 0 radical (unpaired) electrons. The van der Waals surface area contributed by atoms with Gasteiger partial charge in [-0.1, -0.05) is 66.2 Å².